The first-order valence-electron chi connectivity index (χ1n) is 11.1. The second kappa shape index (κ2) is 10.3. The summed E-state index contributed by atoms with van der Waals surface area (Å²) in [6.07, 6.45) is 1.10. The fourth-order valence-corrected chi connectivity index (χ4v) is 4.46. The van der Waals surface area contributed by atoms with Crippen LogP contribution in [0.3, 0.4) is 0 Å². The molecule has 0 aromatic heterocycles. The summed E-state index contributed by atoms with van der Waals surface area (Å²) in [4.78, 5) is 39.1. The lowest BCUT2D eigenvalue weighted by Gasteiger charge is -2.42. The zero-order valence-electron chi connectivity index (χ0n) is 19.0. The second-order valence-corrected chi connectivity index (χ2v) is 8.78. The molecule has 4 amide bonds. The summed E-state index contributed by atoms with van der Waals surface area (Å²) in [5.41, 5.74) is 1.36. The summed E-state index contributed by atoms with van der Waals surface area (Å²) < 4.78 is 12.1. The Bertz CT molecular complexity index is 1090. The molecule has 0 aliphatic carbocycles. The van der Waals surface area contributed by atoms with Crippen LogP contribution in [0.15, 0.2) is 42.5 Å². The van der Waals surface area contributed by atoms with Gasteiger partial charge in [-0.15, -0.1) is 0 Å². The first kappa shape index (κ1) is 23.8. The predicted molar refractivity (Wildman–Crippen MR) is 128 cm³/mol. The predicted octanol–water partition coefficient (Wildman–Crippen LogP) is 3.50. The van der Waals surface area contributed by atoms with Crippen molar-refractivity contribution in [3.63, 3.8) is 0 Å². The Morgan fingerprint density at radius 1 is 1.12 bits per heavy atom. The first-order chi connectivity index (χ1) is 16.3. The van der Waals surface area contributed by atoms with Crippen molar-refractivity contribution >= 4 is 40.8 Å². The van der Waals surface area contributed by atoms with Crippen LogP contribution in [0, 0.1) is 0 Å². The van der Waals surface area contributed by atoms with Crippen LogP contribution in [0.25, 0.3) is 0 Å². The number of hydrogen-bond donors (Lipinski definition) is 3. The quantitative estimate of drug-likeness (QED) is 0.613. The second-order valence-electron chi connectivity index (χ2n) is 8.35. The Hall–Kier alpha value is -3.30. The molecule has 0 bridgehead atoms. The minimum Gasteiger partial charge on any atom is -0.490 e. The third-order valence-electron chi connectivity index (χ3n) is 6.04. The number of nitrogens with one attached hydrogen (secondary N) is 3. The van der Waals surface area contributed by atoms with Crippen molar-refractivity contribution in [2.75, 3.05) is 31.3 Å². The van der Waals surface area contributed by atoms with Gasteiger partial charge >= 0.3 is 6.03 Å². The molecule has 0 unspecified atom stereocenters. The number of benzene rings is 2. The number of carbonyl (C=O) groups excluding carboxylic acids is 3. The van der Waals surface area contributed by atoms with Gasteiger partial charge in [-0.05, 0) is 49.2 Å². The normalized spacial score (nSPS) is 21.8. The number of rotatable bonds is 4. The Labute approximate surface area is 202 Å². The fourth-order valence-electron chi connectivity index (χ4n) is 4.27. The van der Waals surface area contributed by atoms with Gasteiger partial charge in [0, 0.05) is 30.5 Å². The van der Waals surface area contributed by atoms with E-state index >= 15 is 0 Å². The molecule has 0 saturated carbocycles. The van der Waals surface area contributed by atoms with Crippen molar-refractivity contribution in [3.05, 3.63) is 53.1 Å². The van der Waals surface area contributed by atoms with E-state index in [4.69, 9.17) is 21.1 Å². The monoisotopic (exact) mass is 486 g/mol. The highest BCUT2D eigenvalue weighted by molar-refractivity contribution is 6.30. The number of urea groups is 1. The van der Waals surface area contributed by atoms with Crippen molar-refractivity contribution in [2.24, 2.45) is 0 Å². The van der Waals surface area contributed by atoms with Crippen LogP contribution in [0.4, 0.5) is 16.2 Å². The van der Waals surface area contributed by atoms with Crippen LogP contribution in [0.5, 0.6) is 5.75 Å². The molecule has 0 spiro atoms. The average molecular weight is 487 g/mol. The number of fused-ring (bicyclic) bond motifs is 2. The molecule has 1 fully saturated rings. The Balaban J connectivity index is 1.47. The number of ether oxygens (including phenoxy) is 2. The number of anilines is 2. The highest BCUT2D eigenvalue weighted by Gasteiger charge is 2.39. The van der Waals surface area contributed by atoms with Crippen LogP contribution in [0.1, 0.15) is 29.6 Å². The minimum atomic E-state index is -0.460. The molecule has 9 nitrogen and oxygen atoms in total. The lowest BCUT2D eigenvalue weighted by Crippen LogP contribution is -2.53. The summed E-state index contributed by atoms with van der Waals surface area (Å²) in [6, 6.07) is 11.1. The molecule has 2 heterocycles. The highest BCUT2D eigenvalue weighted by atomic mass is 35.5. The molecule has 2 aliphatic rings. The SMILES string of the molecule is CNC(=O)C[C@@H]1CC[C@H]2[C@H](COc3ccc(NC(=O)Nc4cccc(Cl)c4)cc3C(=O)N2C)O1. The molecule has 10 heteroatoms. The van der Waals surface area contributed by atoms with E-state index in [1.54, 1.807) is 61.5 Å². The van der Waals surface area contributed by atoms with Crippen LogP contribution in [-0.2, 0) is 9.53 Å². The summed E-state index contributed by atoms with van der Waals surface area (Å²) in [7, 11) is 3.34. The smallest absolute Gasteiger partial charge is 0.323 e. The van der Waals surface area contributed by atoms with Gasteiger partial charge in [0.05, 0.1) is 24.1 Å². The number of carbonyl (C=O) groups is 3. The lowest BCUT2D eigenvalue weighted by atomic mass is 9.94. The molecule has 3 atom stereocenters. The number of halogens is 1. The Morgan fingerprint density at radius 3 is 2.62 bits per heavy atom. The maximum Gasteiger partial charge on any atom is 0.323 e. The van der Waals surface area contributed by atoms with E-state index in [9.17, 15) is 14.4 Å². The first-order valence-corrected chi connectivity index (χ1v) is 11.5. The molecule has 1 saturated heterocycles. The minimum absolute atomic E-state index is 0.0792. The van der Waals surface area contributed by atoms with Crippen molar-refractivity contribution in [2.45, 2.75) is 37.5 Å². The zero-order valence-corrected chi connectivity index (χ0v) is 19.7. The lowest BCUT2D eigenvalue weighted by molar-refractivity contribution is -0.133. The summed E-state index contributed by atoms with van der Waals surface area (Å²) in [5, 5.41) is 8.57. The van der Waals surface area contributed by atoms with Gasteiger partial charge in [-0.2, -0.15) is 0 Å². The highest BCUT2D eigenvalue weighted by Crippen LogP contribution is 2.32. The van der Waals surface area contributed by atoms with Crippen LogP contribution < -0.4 is 20.7 Å². The standard InChI is InChI=1S/C24H27ClN4O5/c1-26-22(30)12-17-7-8-19-21(34-17)13-33-20-9-6-16(11-18(20)23(31)29(19)2)28-24(32)27-15-5-3-4-14(25)10-15/h3-6,9-11,17,19,21H,7-8,12-13H2,1-2H3,(H,26,30)(H2,27,28,32)/t17-,19-,21-/m0/s1. The number of amides is 4. The third kappa shape index (κ3) is 5.43. The summed E-state index contributed by atoms with van der Waals surface area (Å²) in [6.45, 7) is 0.252. The molecule has 34 heavy (non-hydrogen) atoms. The van der Waals surface area contributed by atoms with Crippen molar-refractivity contribution in [1.82, 2.24) is 10.2 Å². The van der Waals surface area contributed by atoms with Crippen molar-refractivity contribution < 1.29 is 23.9 Å². The van der Waals surface area contributed by atoms with Crippen molar-refractivity contribution in [3.8, 4) is 5.75 Å². The van der Waals surface area contributed by atoms with Gasteiger partial charge in [0.1, 0.15) is 18.5 Å². The van der Waals surface area contributed by atoms with Crippen LogP contribution in [-0.4, -0.2) is 61.7 Å². The van der Waals surface area contributed by atoms with Crippen LogP contribution in [0.2, 0.25) is 5.02 Å². The van der Waals surface area contributed by atoms with E-state index in [-0.39, 0.29) is 43.1 Å². The number of hydrogen-bond acceptors (Lipinski definition) is 5. The van der Waals surface area contributed by atoms with Crippen LogP contribution >= 0.6 is 11.6 Å². The van der Waals surface area contributed by atoms with Gasteiger partial charge in [0.25, 0.3) is 5.91 Å². The number of nitrogens with zero attached hydrogens (tertiary/aromatic N) is 1. The van der Waals surface area contributed by atoms with Gasteiger partial charge < -0.3 is 30.3 Å². The molecule has 2 aromatic rings. The van der Waals surface area contributed by atoms with Gasteiger partial charge in [0.2, 0.25) is 5.91 Å². The van der Waals surface area contributed by atoms with Crippen molar-refractivity contribution in [1.29, 1.82) is 0 Å². The summed E-state index contributed by atoms with van der Waals surface area (Å²) >= 11 is 5.96. The third-order valence-corrected chi connectivity index (χ3v) is 6.28. The van der Waals surface area contributed by atoms with E-state index in [2.05, 4.69) is 16.0 Å². The van der Waals surface area contributed by atoms with E-state index in [1.165, 1.54) is 0 Å². The van der Waals surface area contributed by atoms with Gasteiger partial charge in [-0.1, -0.05) is 17.7 Å². The topological polar surface area (TPSA) is 109 Å². The molecule has 180 valence electrons. The molecule has 4 rings (SSSR count). The van der Waals surface area contributed by atoms with Gasteiger partial charge in [-0.3, -0.25) is 9.59 Å². The van der Waals surface area contributed by atoms with E-state index in [1.807, 2.05) is 0 Å². The zero-order chi connectivity index (χ0) is 24.2. The molecular weight excluding hydrogens is 460 g/mol. The maximum atomic E-state index is 13.3. The van der Waals surface area contributed by atoms with Gasteiger partial charge in [-0.25, -0.2) is 4.79 Å². The van der Waals surface area contributed by atoms with E-state index in [0.29, 0.717) is 40.6 Å². The maximum absolute atomic E-state index is 13.3. The molecule has 0 radical (unpaired) electrons. The average Bonchev–Trinajstić information content (AvgIpc) is 2.81. The number of likely N-dealkylation sites (N-methyl/N-ethyl adjacent to an activating group) is 1. The van der Waals surface area contributed by atoms with Gasteiger partial charge in [0.15, 0.2) is 0 Å². The molecule has 2 aromatic carbocycles. The summed E-state index contributed by atoms with van der Waals surface area (Å²) in [5.74, 6) is 0.106. The Kier molecular flexibility index (Phi) is 7.23. The van der Waals surface area contributed by atoms with E-state index in [0.717, 1.165) is 0 Å². The molecular formula is C24H27ClN4O5. The largest absolute Gasteiger partial charge is 0.490 e. The molecule has 3 N–H and O–H groups in total. The molecule has 2 aliphatic heterocycles. The Morgan fingerprint density at radius 2 is 1.88 bits per heavy atom. The van der Waals surface area contributed by atoms with E-state index < -0.39 is 6.03 Å². The fraction of sp³-hybridized carbons (Fsp3) is 0.375.